The molecule has 1 rings (SSSR count). The van der Waals surface area contributed by atoms with E-state index in [2.05, 4.69) is 9.72 Å². The molecule has 0 radical (unpaired) electrons. The van der Waals surface area contributed by atoms with Crippen LogP contribution in [0, 0.1) is 10.1 Å². The summed E-state index contributed by atoms with van der Waals surface area (Å²) in [6.45, 7) is 0. The van der Waals surface area contributed by atoms with E-state index in [1.807, 2.05) is 0 Å². The zero-order valence-corrected chi connectivity index (χ0v) is 8.16. The molecule has 0 saturated carbocycles. The Balaban J connectivity index is 3.38. The minimum atomic E-state index is -2.92. The van der Waals surface area contributed by atoms with E-state index in [-0.39, 0.29) is 5.75 Å². The number of hydrogen-bond acceptors (Lipinski definition) is 4. The van der Waals surface area contributed by atoms with Crippen molar-refractivity contribution in [2.45, 2.75) is 6.43 Å². The minimum Gasteiger partial charge on any atom is -0.491 e. The lowest BCUT2D eigenvalue weighted by Crippen LogP contribution is -1.99. The second-order valence-corrected chi connectivity index (χ2v) is 2.81. The molecule has 0 fully saturated rings. The van der Waals surface area contributed by atoms with E-state index < -0.39 is 27.9 Å². The van der Waals surface area contributed by atoms with Crippen LogP contribution in [0.1, 0.15) is 12.0 Å². The Morgan fingerprint density at radius 1 is 1.67 bits per heavy atom. The molecule has 1 heterocycles. The van der Waals surface area contributed by atoms with Crippen molar-refractivity contribution in [2.75, 3.05) is 7.11 Å². The van der Waals surface area contributed by atoms with Crippen molar-refractivity contribution < 1.29 is 18.4 Å². The van der Waals surface area contributed by atoms with Gasteiger partial charge in [0, 0.05) is 6.07 Å². The van der Waals surface area contributed by atoms with Crippen LogP contribution in [0.5, 0.6) is 5.75 Å². The molecule has 0 bridgehead atoms. The highest BCUT2D eigenvalue weighted by atomic mass is 35.5. The van der Waals surface area contributed by atoms with Crippen LogP contribution < -0.4 is 4.74 Å². The van der Waals surface area contributed by atoms with E-state index in [0.717, 1.165) is 7.11 Å². The average Bonchev–Trinajstić information content (AvgIpc) is 2.16. The molecule has 8 heteroatoms. The van der Waals surface area contributed by atoms with E-state index >= 15 is 0 Å². The summed E-state index contributed by atoms with van der Waals surface area (Å²) in [5.74, 6) is -1.09. The first-order valence-corrected chi connectivity index (χ1v) is 4.02. The van der Waals surface area contributed by atoms with Gasteiger partial charge in [0.2, 0.25) is 0 Å². The van der Waals surface area contributed by atoms with Crippen molar-refractivity contribution in [1.29, 1.82) is 0 Å². The summed E-state index contributed by atoms with van der Waals surface area (Å²) >= 11 is 5.45. The lowest BCUT2D eigenvalue weighted by Gasteiger charge is -2.06. The molecule has 0 N–H and O–H groups in total. The van der Waals surface area contributed by atoms with Gasteiger partial charge in [0.05, 0.1) is 12.7 Å². The molecule has 82 valence electrons. The maximum absolute atomic E-state index is 12.4. The number of alkyl halides is 2. The van der Waals surface area contributed by atoms with Gasteiger partial charge in [-0.3, -0.25) is 0 Å². The maximum Gasteiger partial charge on any atom is 0.365 e. The van der Waals surface area contributed by atoms with Crippen molar-refractivity contribution in [3.63, 3.8) is 0 Å². The number of methoxy groups -OCH3 is 1. The summed E-state index contributed by atoms with van der Waals surface area (Å²) in [4.78, 5) is 12.7. The van der Waals surface area contributed by atoms with Gasteiger partial charge in [0.1, 0.15) is 0 Å². The molecule has 0 unspecified atom stereocenters. The first-order chi connectivity index (χ1) is 6.97. The highest BCUT2D eigenvalue weighted by Crippen LogP contribution is 2.36. The Kier molecular flexibility index (Phi) is 3.35. The first-order valence-electron chi connectivity index (χ1n) is 3.64. The van der Waals surface area contributed by atoms with Crippen LogP contribution in [-0.4, -0.2) is 17.0 Å². The van der Waals surface area contributed by atoms with Crippen molar-refractivity contribution in [3.8, 4) is 5.75 Å². The highest BCUT2D eigenvalue weighted by molar-refractivity contribution is 6.31. The maximum atomic E-state index is 12.4. The summed E-state index contributed by atoms with van der Waals surface area (Å²) in [6.07, 6.45) is -2.92. The first kappa shape index (κ1) is 11.6. The monoisotopic (exact) mass is 238 g/mol. The Morgan fingerprint density at radius 2 is 2.27 bits per heavy atom. The Bertz CT molecular complexity index is 400. The normalized spacial score (nSPS) is 10.5. The van der Waals surface area contributed by atoms with Crippen LogP contribution in [0.15, 0.2) is 6.07 Å². The molecule has 0 saturated heterocycles. The Labute approximate surface area is 87.8 Å². The van der Waals surface area contributed by atoms with Crippen molar-refractivity contribution in [3.05, 3.63) is 26.9 Å². The average molecular weight is 239 g/mol. The van der Waals surface area contributed by atoms with Crippen molar-refractivity contribution in [2.24, 2.45) is 0 Å². The SMILES string of the molecule is COc1c(C(F)F)cc([N+](=O)[O-])nc1Cl. The number of aromatic nitrogens is 1. The van der Waals surface area contributed by atoms with Crippen molar-refractivity contribution in [1.82, 2.24) is 4.98 Å². The number of hydrogen-bond donors (Lipinski definition) is 0. The summed E-state index contributed by atoms with van der Waals surface area (Å²) in [5, 5.41) is 9.87. The molecular formula is C7H5ClF2N2O3. The van der Waals surface area contributed by atoms with Crippen LogP contribution >= 0.6 is 11.6 Å². The van der Waals surface area contributed by atoms with Gasteiger partial charge in [0.25, 0.3) is 11.6 Å². The van der Waals surface area contributed by atoms with E-state index in [1.165, 1.54) is 0 Å². The zero-order chi connectivity index (χ0) is 11.6. The van der Waals surface area contributed by atoms with Crippen LogP contribution in [0.4, 0.5) is 14.6 Å². The quantitative estimate of drug-likeness (QED) is 0.461. The lowest BCUT2D eigenvalue weighted by atomic mass is 10.2. The number of ether oxygens (including phenoxy) is 1. The third kappa shape index (κ3) is 2.30. The van der Waals surface area contributed by atoms with Gasteiger partial charge in [-0.15, -0.1) is 0 Å². The summed E-state index contributed by atoms with van der Waals surface area (Å²) < 4.78 is 29.5. The number of pyridine rings is 1. The summed E-state index contributed by atoms with van der Waals surface area (Å²) in [6, 6.07) is 0.634. The lowest BCUT2D eigenvalue weighted by molar-refractivity contribution is -0.389. The molecule has 5 nitrogen and oxygen atoms in total. The Morgan fingerprint density at radius 3 is 2.67 bits per heavy atom. The number of rotatable bonds is 3. The highest BCUT2D eigenvalue weighted by Gasteiger charge is 2.25. The van der Waals surface area contributed by atoms with Crippen LogP contribution in [0.25, 0.3) is 0 Å². The van der Waals surface area contributed by atoms with E-state index in [0.29, 0.717) is 6.07 Å². The van der Waals surface area contributed by atoms with Crippen molar-refractivity contribution >= 4 is 17.4 Å². The largest absolute Gasteiger partial charge is 0.491 e. The van der Waals surface area contributed by atoms with E-state index in [9.17, 15) is 18.9 Å². The van der Waals surface area contributed by atoms with Crippen LogP contribution in [0.3, 0.4) is 0 Å². The van der Waals surface area contributed by atoms with Gasteiger partial charge in [-0.25, -0.2) is 8.78 Å². The molecule has 0 aromatic carbocycles. The molecule has 1 aromatic heterocycles. The minimum absolute atomic E-state index is 0.350. The summed E-state index contributed by atoms with van der Waals surface area (Å²) in [5.41, 5.74) is -0.649. The number of halogens is 3. The van der Waals surface area contributed by atoms with Gasteiger partial charge >= 0.3 is 5.82 Å². The predicted octanol–water partition coefficient (Wildman–Crippen LogP) is 2.59. The van der Waals surface area contributed by atoms with Gasteiger partial charge in [-0.1, -0.05) is 0 Å². The van der Waals surface area contributed by atoms with Crippen LogP contribution in [0.2, 0.25) is 5.15 Å². The smallest absolute Gasteiger partial charge is 0.365 e. The molecule has 0 spiro atoms. The zero-order valence-electron chi connectivity index (χ0n) is 7.41. The summed E-state index contributed by atoms with van der Waals surface area (Å²) in [7, 11) is 1.13. The van der Waals surface area contributed by atoms with Crippen LogP contribution in [-0.2, 0) is 0 Å². The molecule has 1 aromatic rings. The Hall–Kier alpha value is -1.50. The number of nitrogens with zero attached hydrogens (tertiary/aromatic N) is 2. The second-order valence-electron chi connectivity index (χ2n) is 2.45. The fraction of sp³-hybridized carbons (Fsp3) is 0.286. The molecular weight excluding hydrogens is 234 g/mol. The molecule has 0 aliphatic carbocycles. The van der Waals surface area contributed by atoms with Gasteiger partial charge in [0.15, 0.2) is 5.75 Å². The molecule has 0 aliphatic heterocycles. The standard InChI is InChI=1S/C7H5ClF2N2O3/c1-15-5-3(7(9)10)2-4(12(13)14)11-6(5)8/h2,7H,1H3. The fourth-order valence-corrected chi connectivity index (χ4v) is 1.24. The number of nitro groups is 1. The van der Waals surface area contributed by atoms with E-state index in [4.69, 9.17) is 11.6 Å². The third-order valence-corrected chi connectivity index (χ3v) is 1.83. The molecule has 0 aliphatic rings. The second kappa shape index (κ2) is 4.35. The predicted molar refractivity (Wildman–Crippen MR) is 47.4 cm³/mol. The molecule has 15 heavy (non-hydrogen) atoms. The molecule has 0 amide bonds. The third-order valence-electron chi connectivity index (χ3n) is 1.57. The van der Waals surface area contributed by atoms with E-state index in [1.54, 1.807) is 0 Å². The van der Waals surface area contributed by atoms with Gasteiger partial charge in [-0.05, 0) is 21.5 Å². The van der Waals surface area contributed by atoms with Gasteiger partial charge < -0.3 is 14.9 Å². The molecule has 0 atom stereocenters. The topological polar surface area (TPSA) is 65.3 Å². The fourth-order valence-electron chi connectivity index (χ4n) is 0.965. The van der Waals surface area contributed by atoms with Gasteiger partial charge in [-0.2, -0.15) is 0 Å².